The van der Waals surface area contributed by atoms with Gasteiger partial charge in [-0.15, -0.1) is 0 Å². The van der Waals surface area contributed by atoms with Gasteiger partial charge in [-0.3, -0.25) is 0 Å². The molecule has 0 fully saturated rings. The Morgan fingerprint density at radius 1 is 0.545 bits per heavy atom. The predicted molar refractivity (Wildman–Crippen MR) is 159 cm³/mol. The molecule has 0 aliphatic heterocycles. The van der Waals surface area contributed by atoms with E-state index in [-0.39, 0.29) is 29.9 Å². The van der Waals surface area contributed by atoms with Gasteiger partial charge in [-0.25, -0.2) is 0 Å². The van der Waals surface area contributed by atoms with Crippen molar-refractivity contribution in [2.45, 2.75) is 116 Å². The Labute approximate surface area is 222 Å². The Bertz CT molecular complexity index is 375. The summed E-state index contributed by atoms with van der Waals surface area (Å²) in [7, 11) is 5.26. The zero-order valence-corrected chi connectivity index (χ0v) is 27.9. The van der Waals surface area contributed by atoms with Gasteiger partial charge in [0.2, 0.25) is 0 Å². The van der Waals surface area contributed by atoms with Gasteiger partial charge in [0, 0.05) is 37.9 Å². The van der Waals surface area contributed by atoms with Gasteiger partial charge >= 0.3 is 0 Å². The lowest BCUT2D eigenvalue weighted by Crippen LogP contribution is -2.42. The minimum absolute atomic E-state index is 0.218. The minimum atomic E-state index is -0.358. The van der Waals surface area contributed by atoms with Crippen LogP contribution in [0.25, 0.3) is 0 Å². The van der Waals surface area contributed by atoms with Crippen LogP contribution in [-0.4, -0.2) is 67.8 Å². The predicted octanol–water partition coefficient (Wildman–Crippen LogP) is 6.80. The van der Waals surface area contributed by atoms with Crippen molar-refractivity contribution in [3.63, 3.8) is 0 Å². The first-order chi connectivity index (χ1) is 16.1. The number of ether oxygens (including phenoxy) is 4. The smallest absolute Gasteiger partial charge is 0.144 e. The molecule has 0 saturated heterocycles. The van der Waals surface area contributed by atoms with E-state index in [4.69, 9.17) is 18.9 Å². The number of hydrogen-bond acceptors (Lipinski definition) is 7. The van der Waals surface area contributed by atoms with Crippen molar-refractivity contribution in [3.05, 3.63) is 0 Å². The molecule has 0 aromatic carbocycles. The Kier molecular flexibility index (Phi) is 24.7. The van der Waals surface area contributed by atoms with Gasteiger partial charge in [-0.1, -0.05) is 60.4 Å². The molecule has 0 rings (SSSR count). The topological polar surface area (TPSA) is 36.9 Å². The van der Waals surface area contributed by atoms with E-state index in [0.717, 1.165) is 39.3 Å². The molecule has 0 saturated carbocycles. The zero-order chi connectivity index (χ0) is 24.7. The second kappa shape index (κ2) is 23.7. The number of unbranched alkanes of at least 4 members (excludes halogenated alkanes) is 2. The van der Waals surface area contributed by atoms with Crippen LogP contribution in [0.15, 0.2) is 0 Å². The summed E-state index contributed by atoms with van der Waals surface area (Å²) >= 11 is 0. The summed E-state index contributed by atoms with van der Waals surface area (Å²) in [5.41, 5.74) is -0.436. The summed E-state index contributed by atoms with van der Waals surface area (Å²) in [6, 6.07) is 2.61. The normalized spacial score (nSPS) is 13.3. The second-order valence-electron chi connectivity index (χ2n) is 8.39. The molecule has 0 radical (unpaired) electrons. The summed E-state index contributed by atoms with van der Waals surface area (Å²) in [4.78, 5) is 0. The molecule has 0 aliphatic rings. The first-order valence-electron chi connectivity index (χ1n) is 13.5. The average Bonchev–Trinajstić information content (AvgIpc) is 2.80. The van der Waals surface area contributed by atoms with Crippen LogP contribution in [0.4, 0.5) is 0 Å². The van der Waals surface area contributed by atoms with Crippen LogP contribution in [0.2, 0.25) is 12.1 Å². The molecule has 0 unspecified atom stereocenters. The van der Waals surface area contributed by atoms with Crippen LogP contribution >= 0.6 is 31.4 Å². The van der Waals surface area contributed by atoms with Gasteiger partial charge in [-0.05, 0) is 76.0 Å². The van der Waals surface area contributed by atoms with Crippen LogP contribution in [-0.2, 0) is 18.9 Å². The summed E-state index contributed by atoms with van der Waals surface area (Å²) in [6.07, 6.45) is 9.53. The quantitative estimate of drug-likeness (QED) is 0.0500. The molecule has 0 heterocycles. The van der Waals surface area contributed by atoms with Crippen LogP contribution in [0, 0.1) is 0 Å². The molecule has 4 nitrogen and oxygen atoms in total. The molecular weight excluding hydrogens is 505 g/mol. The average molecular weight is 559 g/mol. The molecule has 33 heavy (non-hydrogen) atoms. The first kappa shape index (κ1) is 34.3. The van der Waals surface area contributed by atoms with Crippen LogP contribution in [0.3, 0.4) is 0 Å². The minimum Gasteiger partial charge on any atom is -0.355 e. The maximum atomic E-state index is 6.14. The van der Waals surface area contributed by atoms with E-state index in [2.05, 4.69) is 41.5 Å². The third-order valence-corrected chi connectivity index (χ3v) is 15.2. The fourth-order valence-electron chi connectivity index (χ4n) is 4.07. The lowest BCUT2D eigenvalue weighted by Gasteiger charge is -2.33. The van der Waals surface area contributed by atoms with E-state index >= 15 is 0 Å². The van der Waals surface area contributed by atoms with Gasteiger partial charge in [0.15, 0.2) is 0 Å². The van der Waals surface area contributed by atoms with Crippen molar-refractivity contribution in [1.29, 1.82) is 0 Å². The van der Waals surface area contributed by atoms with E-state index in [1.54, 1.807) is 0 Å². The fraction of sp³-hybridized carbons (Fsp3) is 1.00. The highest BCUT2D eigenvalue weighted by Crippen LogP contribution is 2.36. The van der Waals surface area contributed by atoms with Crippen molar-refractivity contribution in [3.8, 4) is 0 Å². The Balaban J connectivity index is 4.00. The van der Waals surface area contributed by atoms with Crippen molar-refractivity contribution in [2.24, 2.45) is 0 Å². The first-order valence-corrected chi connectivity index (χ1v) is 20.8. The molecule has 0 amide bonds. The van der Waals surface area contributed by atoms with E-state index in [9.17, 15) is 0 Å². The van der Waals surface area contributed by atoms with E-state index in [1.165, 1.54) is 62.1 Å². The van der Waals surface area contributed by atoms with E-state index < -0.39 is 0 Å². The van der Waals surface area contributed by atoms with Crippen molar-refractivity contribution in [2.75, 3.05) is 37.9 Å². The maximum absolute atomic E-state index is 6.14. The highest BCUT2D eigenvalue weighted by molar-refractivity contribution is 9.09. The monoisotopic (exact) mass is 558 g/mol. The van der Waals surface area contributed by atoms with Gasteiger partial charge in [0.05, 0.1) is 19.0 Å². The van der Waals surface area contributed by atoms with Gasteiger partial charge in [0.1, 0.15) is 10.8 Å². The number of rotatable bonds is 26. The lowest BCUT2D eigenvalue weighted by molar-refractivity contribution is -0.180. The molecule has 0 N–H and O–H groups in total. The van der Waals surface area contributed by atoms with E-state index in [1.807, 2.05) is 31.4 Å². The summed E-state index contributed by atoms with van der Waals surface area (Å²) in [5.74, 6) is 2.42. The largest absolute Gasteiger partial charge is 0.355 e. The van der Waals surface area contributed by atoms with Gasteiger partial charge in [-0.2, -0.15) is 0 Å². The lowest BCUT2D eigenvalue weighted by atomic mass is 10.2. The Morgan fingerprint density at radius 2 is 0.909 bits per heavy atom. The molecular formula is C24H54O4S3Si2. The highest BCUT2D eigenvalue weighted by atomic mass is 33.5. The molecule has 0 atom stereocenters. The second-order valence-corrected chi connectivity index (χ2v) is 17.4. The summed E-state index contributed by atoms with van der Waals surface area (Å²) in [6.45, 7) is 16.0. The highest BCUT2D eigenvalue weighted by Gasteiger charge is 2.31. The van der Waals surface area contributed by atoms with Gasteiger partial charge < -0.3 is 18.9 Å². The Morgan fingerprint density at radius 3 is 1.21 bits per heavy atom. The van der Waals surface area contributed by atoms with Crippen molar-refractivity contribution in [1.82, 2.24) is 0 Å². The van der Waals surface area contributed by atoms with Crippen LogP contribution < -0.4 is 0 Å². The summed E-state index contributed by atoms with van der Waals surface area (Å²) < 4.78 is 24.6. The maximum Gasteiger partial charge on any atom is 0.144 e. The molecule has 0 bridgehead atoms. The Hall–Kier alpha value is 1.32. The molecule has 0 aromatic rings. The molecule has 0 aromatic heterocycles. The molecule has 0 aliphatic carbocycles. The zero-order valence-electron chi connectivity index (χ0n) is 22.6. The van der Waals surface area contributed by atoms with Crippen molar-refractivity contribution >= 4 is 50.5 Å². The number of hydrogen-bond donors (Lipinski definition) is 0. The standard InChI is InChI=1S/C24H54O4S3Si2/c1-7-21-32-23(25-9-3,26-10-4)17-13-15-19-29-31-30-20-16-14-18-24(27-11-5,28-12-6)33-22-8-2/h7-22,32-33H2,1-6H3. The molecule has 9 heteroatoms. The fourth-order valence-corrected chi connectivity index (χ4v) is 12.3. The van der Waals surface area contributed by atoms with Crippen LogP contribution in [0.1, 0.15) is 92.9 Å². The van der Waals surface area contributed by atoms with E-state index in [0.29, 0.717) is 0 Å². The third kappa shape index (κ3) is 17.4. The van der Waals surface area contributed by atoms with Crippen LogP contribution in [0.5, 0.6) is 0 Å². The third-order valence-electron chi connectivity index (χ3n) is 5.62. The van der Waals surface area contributed by atoms with Crippen molar-refractivity contribution < 1.29 is 18.9 Å². The molecule has 0 spiro atoms. The SMILES string of the molecule is CCC[SiH2]C(CCCCSSSCCCCC(OCC)(OCC)[SiH2]CCC)(OCC)OCC. The molecule has 200 valence electrons. The van der Waals surface area contributed by atoms with Gasteiger partial charge in [0.25, 0.3) is 0 Å². The summed E-state index contributed by atoms with van der Waals surface area (Å²) in [5, 5.41) is 0.